The summed E-state index contributed by atoms with van der Waals surface area (Å²) in [6.45, 7) is 2.71. The molecule has 26 heavy (non-hydrogen) atoms. The number of aromatic hydroxyl groups is 2. The highest BCUT2D eigenvalue weighted by Gasteiger charge is 2.14. The Bertz CT molecular complexity index is 663. The maximum atomic E-state index is 10.2. The molecule has 0 aliphatic carbocycles. The van der Waals surface area contributed by atoms with E-state index in [1.165, 1.54) is 0 Å². The number of hydrogen-bond acceptors (Lipinski definition) is 6. The topological polar surface area (TPSA) is 65.4 Å². The minimum atomic E-state index is 0.232. The third-order valence-corrected chi connectivity index (χ3v) is 4.22. The fourth-order valence-corrected chi connectivity index (χ4v) is 2.67. The van der Waals surface area contributed by atoms with Crippen molar-refractivity contribution in [1.82, 2.24) is 9.80 Å². The normalized spacial score (nSPS) is 11.2. The number of nitrogens with zero attached hydrogens (tertiary/aromatic N) is 2. The first-order valence-corrected chi connectivity index (χ1v) is 8.51. The van der Waals surface area contributed by atoms with Crippen molar-refractivity contribution in [3.8, 4) is 23.0 Å². The SMILES string of the molecule is COc1ccc(O)c(CN(CCN(C)C)Cc2cc(OC)ccc2O)c1. The molecular formula is C20H28N2O4. The predicted molar refractivity (Wildman–Crippen MR) is 102 cm³/mol. The van der Waals surface area contributed by atoms with Crippen molar-refractivity contribution < 1.29 is 19.7 Å². The van der Waals surface area contributed by atoms with Crippen LogP contribution in [0.5, 0.6) is 23.0 Å². The highest BCUT2D eigenvalue weighted by Crippen LogP contribution is 2.27. The zero-order chi connectivity index (χ0) is 19.1. The van der Waals surface area contributed by atoms with Gasteiger partial charge in [-0.2, -0.15) is 0 Å². The second kappa shape index (κ2) is 9.31. The second-order valence-electron chi connectivity index (χ2n) is 6.50. The summed E-state index contributed by atoms with van der Waals surface area (Å²) in [7, 11) is 7.25. The van der Waals surface area contributed by atoms with Gasteiger partial charge in [0, 0.05) is 37.3 Å². The smallest absolute Gasteiger partial charge is 0.120 e. The fraction of sp³-hybridized carbons (Fsp3) is 0.400. The Labute approximate surface area is 155 Å². The summed E-state index contributed by atoms with van der Waals surface area (Å²) in [6.07, 6.45) is 0. The van der Waals surface area contributed by atoms with Gasteiger partial charge in [-0.25, -0.2) is 0 Å². The molecule has 0 saturated carbocycles. The van der Waals surface area contributed by atoms with Gasteiger partial charge in [0.15, 0.2) is 0 Å². The summed E-state index contributed by atoms with van der Waals surface area (Å²) < 4.78 is 10.5. The number of likely N-dealkylation sites (N-methyl/N-ethyl adjacent to an activating group) is 1. The zero-order valence-corrected chi connectivity index (χ0v) is 15.9. The molecule has 0 fully saturated rings. The lowest BCUT2D eigenvalue weighted by Gasteiger charge is -2.25. The van der Waals surface area contributed by atoms with Crippen LogP contribution in [-0.2, 0) is 13.1 Å². The van der Waals surface area contributed by atoms with E-state index < -0.39 is 0 Å². The molecule has 6 nitrogen and oxygen atoms in total. The first-order chi connectivity index (χ1) is 12.4. The standard InChI is InChI=1S/C20H28N2O4/c1-21(2)9-10-22(13-15-11-17(25-3)5-7-19(15)23)14-16-12-18(26-4)6-8-20(16)24/h5-8,11-12,23-24H,9-10,13-14H2,1-4H3. The summed E-state index contributed by atoms with van der Waals surface area (Å²) in [6, 6.07) is 10.4. The van der Waals surface area contributed by atoms with Gasteiger partial charge in [0.05, 0.1) is 14.2 Å². The van der Waals surface area contributed by atoms with Gasteiger partial charge in [-0.3, -0.25) is 4.90 Å². The van der Waals surface area contributed by atoms with Gasteiger partial charge in [-0.1, -0.05) is 0 Å². The minimum Gasteiger partial charge on any atom is -0.508 e. The van der Waals surface area contributed by atoms with Crippen molar-refractivity contribution in [2.75, 3.05) is 41.4 Å². The largest absolute Gasteiger partial charge is 0.508 e. The first kappa shape index (κ1) is 19.9. The monoisotopic (exact) mass is 360 g/mol. The highest BCUT2D eigenvalue weighted by atomic mass is 16.5. The molecule has 0 unspecified atom stereocenters. The van der Waals surface area contributed by atoms with Crippen molar-refractivity contribution >= 4 is 0 Å². The van der Waals surface area contributed by atoms with Crippen LogP contribution in [0.1, 0.15) is 11.1 Å². The van der Waals surface area contributed by atoms with Crippen molar-refractivity contribution in [2.45, 2.75) is 13.1 Å². The molecule has 0 aromatic heterocycles. The van der Waals surface area contributed by atoms with Crippen molar-refractivity contribution in [3.05, 3.63) is 47.5 Å². The maximum absolute atomic E-state index is 10.2. The number of hydrogen-bond donors (Lipinski definition) is 2. The molecule has 2 aromatic carbocycles. The summed E-state index contributed by atoms with van der Waals surface area (Å²) in [5.41, 5.74) is 1.57. The molecule has 0 aliphatic heterocycles. The van der Waals surface area contributed by atoms with Gasteiger partial charge in [0.1, 0.15) is 23.0 Å². The van der Waals surface area contributed by atoms with E-state index in [1.54, 1.807) is 38.5 Å². The fourth-order valence-electron chi connectivity index (χ4n) is 2.67. The molecule has 2 rings (SSSR count). The van der Waals surface area contributed by atoms with Crippen LogP contribution in [0.4, 0.5) is 0 Å². The lowest BCUT2D eigenvalue weighted by molar-refractivity contribution is 0.221. The van der Waals surface area contributed by atoms with Gasteiger partial charge in [-0.05, 0) is 50.5 Å². The summed E-state index contributed by atoms with van der Waals surface area (Å²) in [5.74, 6) is 1.87. The van der Waals surface area contributed by atoms with E-state index in [0.29, 0.717) is 24.6 Å². The number of ether oxygens (including phenoxy) is 2. The van der Waals surface area contributed by atoms with Gasteiger partial charge < -0.3 is 24.6 Å². The van der Waals surface area contributed by atoms with Crippen molar-refractivity contribution in [2.24, 2.45) is 0 Å². The van der Waals surface area contributed by atoms with Crippen molar-refractivity contribution in [3.63, 3.8) is 0 Å². The molecular weight excluding hydrogens is 332 g/mol. The molecule has 0 aliphatic rings. The molecule has 0 spiro atoms. The van der Waals surface area contributed by atoms with Crippen molar-refractivity contribution in [1.29, 1.82) is 0 Å². The lowest BCUT2D eigenvalue weighted by Crippen LogP contribution is -2.31. The van der Waals surface area contributed by atoms with E-state index >= 15 is 0 Å². The minimum absolute atomic E-state index is 0.232. The zero-order valence-electron chi connectivity index (χ0n) is 15.9. The van der Waals surface area contributed by atoms with Gasteiger partial charge in [0.2, 0.25) is 0 Å². The van der Waals surface area contributed by atoms with Crippen LogP contribution in [0.15, 0.2) is 36.4 Å². The molecule has 0 bridgehead atoms. The van der Waals surface area contributed by atoms with E-state index in [-0.39, 0.29) is 11.5 Å². The predicted octanol–water partition coefficient (Wildman–Crippen LogP) is 2.68. The molecule has 2 N–H and O–H groups in total. The van der Waals surface area contributed by atoms with E-state index in [9.17, 15) is 10.2 Å². The Kier molecular flexibility index (Phi) is 7.12. The number of methoxy groups -OCH3 is 2. The van der Waals surface area contributed by atoms with Gasteiger partial charge in [-0.15, -0.1) is 0 Å². The summed E-state index contributed by atoms with van der Waals surface area (Å²) in [4.78, 5) is 4.27. The quantitative estimate of drug-likeness (QED) is 0.717. The maximum Gasteiger partial charge on any atom is 0.120 e. The third kappa shape index (κ3) is 5.54. The summed E-state index contributed by atoms with van der Waals surface area (Å²) >= 11 is 0. The molecule has 0 atom stereocenters. The Morgan fingerprint density at radius 1 is 0.769 bits per heavy atom. The average molecular weight is 360 g/mol. The van der Waals surface area contributed by atoms with Crippen LogP contribution in [0.25, 0.3) is 0 Å². The van der Waals surface area contributed by atoms with E-state index in [4.69, 9.17) is 9.47 Å². The Hall–Kier alpha value is -2.44. The van der Waals surface area contributed by atoms with Gasteiger partial charge >= 0.3 is 0 Å². The third-order valence-electron chi connectivity index (χ3n) is 4.22. The van der Waals surface area contributed by atoms with E-state index in [1.807, 2.05) is 26.2 Å². The van der Waals surface area contributed by atoms with Gasteiger partial charge in [0.25, 0.3) is 0 Å². The molecule has 0 amide bonds. The number of rotatable bonds is 9. The molecule has 6 heteroatoms. The Balaban J connectivity index is 2.23. The Morgan fingerprint density at radius 2 is 1.23 bits per heavy atom. The van der Waals surface area contributed by atoms with Crippen LogP contribution in [0.3, 0.4) is 0 Å². The molecule has 0 saturated heterocycles. The Morgan fingerprint density at radius 3 is 1.62 bits per heavy atom. The first-order valence-electron chi connectivity index (χ1n) is 8.51. The van der Waals surface area contributed by atoms with E-state index in [2.05, 4.69) is 9.80 Å². The van der Waals surface area contributed by atoms with E-state index in [0.717, 1.165) is 24.2 Å². The molecule has 142 valence electrons. The van der Waals surface area contributed by atoms with Crippen LogP contribution in [0.2, 0.25) is 0 Å². The molecule has 2 aromatic rings. The number of phenols is 2. The number of benzene rings is 2. The average Bonchev–Trinajstić information content (AvgIpc) is 2.63. The summed E-state index contributed by atoms with van der Waals surface area (Å²) in [5, 5.41) is 20.4. The number of phenolic OH excluding ortho intramolecular Hbond substituents is 2. The second-order valence-corrected chi connectivity index (χ2v) is 6.50. The van der Waals surface area contributed by atoms with Crippen LogP contribution in [-0.4, -0.2) is 61.4 Å². The molecule has 0 heterocycles. The van der Waals surface area contributed by atoms with Crippen LogP contribution in [0, 0.1) is 0 Å². The lowest BCUT2D eigenvalue weighted by atomic mass is 10.1. The molecule has 0 radical (unpaired) electrons. The van der Waals surface area contributed by atoms with Crippen LogP contribution < -0.4 is 9.47 Å². The highest BCUT2D eigenvalue weighted by molar-refractivity contribution is 5.41. The van der Waals surface area contributed by atoms with Crippen LogP contribution >= 0.6 is 0 Å².